The van der Waals surface area contributed by atoms with Gasteiger partial charge in [0.1, 0.15) is 5.82 Å². The first-order valence-electron chi connectivity index (χ1n) is 13.7. The minimum absolute atomic E-state index is 0.0955. The second-order valence-corrected chi connectivity index (χ2v) is 10.9. The van der Waals surface area contributed by atoms with Gasteiger partial charge in [-0.25, -0.2) is 23.1 Å². The lowest BCUT2D eigenvalue weighted by Gasteiger charge is -2.37. The molecular formula is C30H32F3N5O2. The maximum Gasteiger partial charge on any atom is 0.248 e. The molecule has 1 aliphatic heterocycles. The van der Waals surface area contributed by atoms with Crippen molar-refractivity contribution < 1.29 is 22.7 Å². The average Bonchev–Trinajstić information content (AvgIpc) is 3.47. The topological polar surface area (TPSA) is 65.2 Å². The first kappa shape index (κ1) is 26.4. The minimum Gasteiger partial charge on any atom is -0.494 e. The van der Waals surface area contributed by atoms with Crippen molar-refractivity contribution >= 4 is 22.6 Å². The highest BCUT2D eigenvalue weighted by Gasteiger charge is 2.40. The summed E-state index contributed by atoms with van der Waals surface area (Å²) >= 11 is 0. The van der Waals surface area contributed by atoms with E-state index >= 15 is 0 Å². The lowest BCUT2D eigenvalue weighted by molar-refractivity contribution is -0.120. The molecule has 2 fully saturated rings. The number of hydrogen-bond acceptors (Lipinski definition) is 4. The number of hydrogen-bond donors (Lipinski definition) is 0. The number of nitrogens with zero attached hydrogens (tertiary/aromatic N) is 5. The normalized spacial score (nSPS) is 19.9. The summed E-state index contributed by atoms with van der Waals surface area (Å²) in [6.07, 6.45) is 3.62. The van der Waals surface area contributed by atoms with Crippen LogP contribution in [0.25, 0.3) is 22.3 Å². The molecule has 10 heteroatoms. The van der Waals surface area contributed by atoms with Crippen molar-refractivity contribution in [1.29, 1.82) is 0 Å². The van der Waals surface area contributed by atoms with Gasteiger partial charge in [-0.3, -0.25) is 4.79 Å². The molecule has 2 aromatic heterocycles. The number of carbonyl (C=O) groups is 1. The molecule has 1 amide bonds. The number of fused-ring (bicyclic) bond motifs is 1. The summed E-state index contributed by atoms with van der Waals surface area (Å²) in [5.74, 6) is -2.62. The van der Waals surface area contributed by atoms with Gasteiger partial charge in [-0.15, -0.1) is 0 Å². The Morgan fingerprint density at radius 1 is 1.07 bits per heavy atom. The first-order chi connectivity index (χ1) is 19.2. The van der Waals surface area contributed by atoms with Gasteiger partial charge >= 0.3 is 0 Å². The fourth-order valence-corrected chi connectivity index (χ4v) is 6.37. The van der Waals surface area contributed by atoms with Gasteiger partial charge in [-0.2, -0.15) is 0 Å². The van der Waals surface area contributed by atoms with Crippen LogP contribution in [-0.4, -0.2) is 38.0 Å². The smallest absolute Gasteiger partial charge is 0.248 e. The molecule has 0 N–H and O–H groups in total. The zero-order valence-corrected chi connectivity index (χ0v) is 22.8. The van der Waals surface area contributed by atoms with Gasteiger partial charge in [0.25, 0.3) is 0 Å². The summed E-state index contributed by atoms with van der Waals surface area (Å²) in [5.41, 5.74) is 4.80. The predicted molar refractivity (Wildman–Crippen MR) is 146 cm³/mol. The van der Waals surface area contributed by atoms with Crippen molar-refractivity contribution in [3.05, 3.63) is 60.1 Å². The molecule has 4 aromatic rings. The van der Waals surface area contributed by atoms with Crippen molar-refractivity contribution in [3.63, 3.8) is 0 Å². The molecule has 1 saturated carbocycles. The van der Waals surface area contributed by atoms with Crippen LogP contribution in [-0.2, 0) is 11.8 Å². The Kier molecular flexibility index (Phi) is 6.59. The Morgan fingerprint density at radius 2 is 1.85 bits per heavy atom. The quantitative estimate of drug-likeness (QED) is 0.271. The van der Waals surface area contributed by atoms with E-state index in [1.54, 1.807) is 17.3 Å². The highest BCUT2D eigenvalue weighted by Crippen LogP contribution is 2.44. The Hall–Kier alpha value is -3.82. The predicted octanol–water partition coefficient (Wildman–Crippen LogP) is 6.90. The number of aryl methyl sites for hydroxylation is 2. The Balaban J connectivity index is 1.50. The zero-order valence-electron chi connectivity index (χ0n) is 22.8. The van der Waals surface area contributed by atoms with Crippen molar-refractivity contribution in [2.24, 2.45) is 7.05 Å². The molecule has 40 heavy (non-hydrogen) atoms. The van der Waals surface area contributed by atoms with Crippen LogP contribution >= 0.6 is 0 Å². The molecule has 3 heterocycles. The monoisotopic (exact) mass is 551 g/mol. The number of imidazole rings is 2. The van der Waals surface area contributed by atoms with E-state index in [0.717, 1.165) is 28.0 Å². The van der Waals surface area contributed by atoms with Crippen molar-refractivity contribution in [2.45, 2.75) is 69.9 Å². The third-order valence-electron chi connectivity index (χ3n) is 8.32. The molecule has 210 valence electrons. The van der Waals surface area contributed by atoms with Gasteiger partial charge in [0.05, 0.1) is 41.9 Å². The molecule has 2 aliphatic rings. The van der Waals surface area contributed by atoms with Crippen LogP contribution in [0.2, 0.25) is 0 Å². The maximum atomic E-state index is 14.8. The van der Waals surface area contributed by atoms with Crippen LogP contribution in [0, 0.1) is 12.7 Å². The van der Waals surface area contributed by atoms with Crippen molar-refractivity contribution in [3.8, 4) is 17.0 Å². The summed E-state index contributed by atoms with van der Waals surface area (Å²) in [6, 6.07) is 9.84. The third kappa shape index (κ3) is 4.53. The van der Waals surface area contributed by atoms with Crippen LogP contribution in [0.4, 0.5) is 18.9 Å². The molecular weight excluding hydrogens is 519 g/mol. The number of amides is 1. The van der Waals surface area contributed by atoms with E-state index in [0.29, 0.717) is 43.6 Å². The molecule has 1 saturated heterocycles. The van der Waals surface area contributed by atoms with Crippen LogP contribution < -0.4 is 9.64 Å². The van der Waals surface area contributed by atoms with Crippen LogP contribution in [0.15, 0.2) is 42.7 Å². The fraction of sp³-hybridized carbons (Fsp3) is 0.433. The van der Waals surface area contributed by atoms with E-state index in [1.807, 2.05) is 36.7 Å². The van der Waals surface area contributed by atoms with E-state index in [-0.39, 0.29) is 30.5 Å². The number of halogens is 3. The number of rotatable bonds is 5. The van der Waals surface area contributed by atoms with Gasteiger partial charge in [-0.05, 0) is 56.9 Å². The van der Waals surface area contributed by atoms with Crippen LogP contribution in [0.5, 0.6) is 5.75 Å². The molecule has 0 spiro atoms. The lowest BCUT2D eigenvalue weighted by atomic mass is 9.91. The SMILES string of the molecule is COc1ccc(N2C(=O)CCCC2c2nc3cc(-c4c(C)ncn4C)ccc3n2C2CCC(F)(F)CC2)cc1F. The maximum absolute atomic E-state index is 14.8. The van der Waals surface area contributed by atoms with E-state index in [9.17, 15) is 18.0 Å². The van der Waals surface area contributed by atoms with Crippen LogP contribution in [0.3, 0.4) is 0 Å². The standard InChI is InChI=1S/C30H32F3N5O2/c1-18-28(36(2)17-34-18)19-7-9-24-23(15-19)35-29(38(24)20-11-13-30(32,33)14-12-20)25-5-4-6-27(39)37(25)21-8-10-26(40-3)22(31)16-21/h7-10,15-17,20,25H,4-6,11-14H2,1-3H3. The van der Waals surface area contributed by atoms with E-state index in [1.165, 1.54) is 19.2 Å². The Bertz CT molecular complexity index is 1560. The van der Waals surface area contributed by atoms with E-state index < -0.39 is 17.8 Å². The summed E-state index contributed by atoms with van der Waals surface area (Å²) in [6.45, 7) is 1.95. The number of ether oxygens (including phenoxy) is 1. The summed E-state index contributed by atoms with van der Waals surface area (Å²) in [4.78, 5) is 24.4. The van der Waals surface area contributed by atoms with Gasteiger partial charge < -0.3 is 18.8 Å². The zero-order chi connectivity index (χ0) is 28.2. The van der Waals surface area contributed by atoms with Gasteiger partial charge in [-0.1, -0.05) is 6.07 Å². The highest BCUT2D eigenvalue weighted by atomic mass is 19.3. The minimum atomic E-state index is -2.68. The lowest BCUT2D eigenvalue weighted by Crippen LogP contribution is -2.40. The van der Waals surface area contributed by atoms with Gasteiger partial charge in [0.15, 0.2) is 11.6 Å². The van der Waals surface area contributed by atoms with Gasteiger partial charge in [0, 0.05) is 49.7 Å². The second kappa shape index (κ2) is 9.98. The van der Waals surface area contributed by atoms with Crippen LogP contribution in [0.1, 0.15) is 68.5 Å². The summed E-state index contributed by atoms with van der Waals surface area (Å²) < 4.78 is 52.2. The molecule has 2 aromatic carbocycles. The number of aromatic nitrogens is 4. The average molecular weight is 552 g/mol. The third-order valence-corrected chi connectivity index (χ3v) is 8.32. The summed E-state index contributed by atoms with van der Waals surface area (Å²) in [5, 5.41) is 0. The molecule has 6 rings (SSSR count). The number of benzene rings is 2. The molecule has 7 nitrogen and oxygen atoms in total. The van der Waals surface area contributed by atoms with Gasteiger partial charge in [0.2, 0.25) is 11.8 Å². The fourth-order valence-electron chi connectivity index (χ4n) is 6.37. The number of methoxy groups -OCH3 is 1. The number of piperidine rings is 1. The molecule has 1 aliphatic carbocycles. The first-order valence-corrected chi connectivity index (χ1v) is 13.7. The van der Waals surface area contributed by atoms with E-state index in [2.05, 4.69) is 9.55 Å². The molecule has 1 unspecified atom stereocenters. The van der Waals surface area contributed by atoms with Crippen molar-refractivity contribution in [2.75, 3.05) is 12.0 Å². The largest absolute Gasteiger partial charge is 0.494 e. The molecule has 0 bridgehead atoms. The second-order valence-electron chi connectivity index (χ2n) is 10.9. The number of alkyl halides is 2. The summed E-state index contributed by atoms with van der Waals surface area (Å²) in [7, 11) is 3.33. The van der Waals surface area contributed by atoms with Crippen molar-refractivity contribution in [1.82, 2.24) is 19.1 Å². The highest BCUT2D eigenvalue weighted by molar-refractivity contribution is 5.95. The Labute approximate surface area is 230 Å². The molecule has 1 atom stereocenters. The number of carbonyl (C=O) groups excluding carboxylic acids is 1. The Morgan fingerprint density at radius 3 is 2.52 bits per heavy atom. The number of anilines is 1. The van der Waals surface area contributed by atoms with E-state index in [4.69, 9.17) is 9.72 Å². The molecule has 0 radical (unpaired) electrons.